The van der Waals surface area contributed by atoms with Crippen molar-refractivity contribution >= 4 is 5.97 Å². The first-order valence-electron chi connectivity index (χ1n) is 10.9. The van der Waals surface area contributed by atoms with Gasteiger partial charge in [-0.05, 0) is 18.8 Å². The maximum atomic E-state index is 11.8. The Bertz CT molecular complexity index is 253. The van der Waals surface area contributed by atoms with E-state index < -0.39 is 0 Å². The number of hydrogen-bond donors (Lipinski definition) is 0. The van der Waals surface area contributed by atoms with E-state index in [1.165, 1.54) is 83.5 Å². The minimum Gasteiger partial charge on any atom is -0.466 e. The van der Waals surface area contributed by atoms with Gasteiger partial charge in [0.15, 0.2) is 0 Å². The predicted molar refractivity (Wildman–Crippen MR) is 105 cm³/mol. The lowest BCUT2D eigenvalue weighted by Crippen LogP contribution is -2.10. The molecule has 0 aliphatic heterocycles. The molecular formula is C22H44O2. The molecule has 0 aromatic heterocycles. The molecule has 24 heavy (non-hydrogen) atoms. The molecule has 0 heterocycles. The summed E-state index contributed by atoms with van der Waals surface area (Å²) in [6, 6.07) is 0. The van der Waals surface area contributed by atoms with E-state index in [-0.39, 0.29) is 5.97 Å². The van der Waals surface area contributed by atoms with Gasteiger partial charge in [0.25, 0.3) is 0 Å². The Labute approximate surface area is 152 Å². The van der Waals surface area contributed by atoms with Crippen LogP contribution in [-0.4, -0.2) is 12.6 Å². The van der Waals surface area contributed by atoms with E-state index in [1.54, 1.807) is 0 Å². The van der Waals surface area contributed by atoms with Crippen LogP contribution in [0, 0.1) is 5.92 Å². The highest BCUT2D eigenvalue weighted by atomic mass is 16.5. The first kappa shape index (κ1) is 23.5. The number of carbonyl (C=O) groups excluding carboxylic acids is 1. The number of rotatable bonds is 18. The zero-order valence-electron chi connectivity index (χ0n) is 16.9. The molecule has 0 N–H and O–H groups in total. The van der Waals surface area contributed by atoms with Crippen LogP contribution >= 0.6 is 0 Å². The van der Waals surface area contributed by atoms with E-state index >= 15 is 0 Å². The van der Waals surface area contributed by atoms with E-state index in [4.69, 9.17) is 4.74 Å². The summed E-state index contributed by atoms with van der Waals surface area (Å²) in [5, 5.41) is 0. The Morgan fingerprint density at radius 2 is 1.17 bits per heavy atom. The van der Waals surface area contributed by atoms with Crippen LogP contribution < -0.4 is 0 Å². The number of unbranched alkanes of at least 4 members (excludes halogenated alkanes) is 9. The van der Waals surface area contributed by atoms with Crippen molar-refractivity contribution in [2.24, 2.45) is 5.92 Å². The summed E-state index contributed by atoms with van der Waals surface area (Å²) in [6.07, 6.45) is 19.6. The molecule has 0 saturated heterocycles. The van der Waals surface area contributed by atoms with Crippen LogP contribution in [0.5, 0.6) is 0 Å². The Kier molecular flexibility index (Phi) is 18.4. The normalized spacial score (nSPS) is 11.2. The van der Waals surface area contributed by atoms with E-state index in [9.17, 15) is 4.79 Å². The molecule has 0 aromatic rings. The van der Waals surface area contributed by atoms with Crippen LogP contribution in [0.1, 0.15) is 124 Å². The van der Waals surface area contributed by atoms with Gasteiger partial charge in [-0.1, -0.05) is 104 Å². The first-order chi connectivity index (χ1) is 11.7. The van der Waals surface area contributed by atoms with Gasteiger partial charge in [0.2, 0.25) is 0 Å². The van der Waals surface area contributed by atoms with Gasteiger partial charge < -0.3 is 4.74 Å². The molecule has 0 aliphatic rings. The molecular weight excluding hydrogens is 296 g/mol. The molecule has 0 aliphatic carbocycles. The van der Waals surface area contributed by atoms with Crippen molar-refractivity contribution in [1.29, 1.82) is 0 Å². The van der Waals surface area contributed by atoms with Crippen LogP contribution in [0.15, 0.2) is 0 Å². The van der Waals surface area contributed by atoms with Crippen molar-refractivity contribution in [3.63, 3.8) is 0 Å². The molecule has 0 atom stereocenters. The summed E-state index contributed by atoms with van der Waals surface area (Å²) in [5.74, 6) is 0.774. The minimum absolute atomic E-state index is 0.0198. The van der Waals surface area contributed by atoms with E-state index in [0.717, 1.165) is 18.8 Å². The zero-order chi connectivity index (χ0) is 17.9. The molecule has 2 nitrogen and oxygen atoms in total. The number of ether oxygens (including phenoxy) is 1. The monoisotopic (exact) mass is 340 g/mol. The van der Waals surface area contributed by atoms with Crippen LogP contribution in [-0.2, 0) is 9.53 Å². The smallest absolute Gasteiger partial charge is 0.305 e. The quantitative estimate of drug-likeness (QED) is 0.191. The summed E-state index contributed by atoms with van der Waals surface area (Å²) in [4.78, 5) is 11.8. The standard InChI is InChI=1S/C22H44O2/c1-4-7-10-11-12-15-18-22(23)24-20-19-21(16-13-8-5-2)17-14-9-6-3/h21H,4-20H2,1-3H3. The minimum atomic E-state index is 0.0198. The fourth-order valence-electron chi connectivity index (χ4n) is 3.26. The van der Waals surface area contributed by atoms with Crippen molar-refractivity contribution in [2.75, 3.05) is 6.61 Å². The topological polar surface area (TPSA) is 26.3 Å². The summed E-state index contributed by atoms with van der Waals surface area (Å²) in [7, 11) is 0. The van der Waals surface area contributed by atoms with Gasteiger partial charge in [-0.15, -0.1) is 0 Å². The highest BCUT2D eigenvalue weighted by Crippen LogP contribution is 2.21. The molecule has 0 amide bonds. The highest BCUT2D eigenvalue weighted by Gasteiger charge is 2.10. The molecule has 144 valence electrons. The van der Waals surface area contributed by atoms with Crippen molar-refractivity contribution in [3.8, 4) is 0 Å². The molecule has 0 rings (SSSR count). The average Bonchev–Trinajstić information content (AvgIpc) is 2.58. The van der Waals surface area contributed by atoms with Gasteiger partial charge >= 0.3 is 5.97 Å². The van der Waals surface area contributed by atoms with Crippen LogP contribution in [0.2, 0.25) is 0 Å². The Balaban J connectivity index is 3.71. The molecule has 2 heteroatoms. The van der Waals surface area contributed by atoms with Gasteiger partial charge in [0.1, 0.15) is 0 Å². The lowest BCUT2D eigenvalue weighted by atomic mass is 9.92. The van der Waals surface area contributed by atoms with Crippen molar-refractivity contribution < 1.29 is 9.53 Å². The van der Waals surface area contributed by atoms with Crippen molar-refractivity contribution in [3.05, 3.63) is 0 Å². The third-order valence-corrected chi connectivity index (χ3v) is 4.96. The molecule has 0 aromatic carbocycles. The fraction of sp³-hybridized carbons (Fsp3) is 0.955. The predicted octanol–water partition coefficient (Wildman–Crippen LogP) is 7.45. The van der Waals surface area contributed by atoms with Gasteiger partial charge in [-0.2, -0.15) is 0 Å². The Hall–Kier alpha value is -0.530. The van der Waals surface area contributed by atoms with Gasteiger partial charge in [0.05, 0.1) is 6.61 Å². The van der Waals surface area contributed by atoms with Crippen molar-refractivity contribution in [1.82, 2.24) is 0 Å². The molecule has 0 radical (unpaired) electrons. The molecule has 0 bridgehead atoms. The maximum Gasteiger partial charge on any atom is 0.305 e. The summed E-state index contributed by atoms with van der Waals surface area (Å²) < 4.78 is 5.47. The zero-order valence-corrected chi connectivity index (χ0v) is 16.9. The second kappa shape index (κ2) is 18.8. The van der Waals surface area contributed by atoms with Crippen LogP contribution in [0.3, 0.4) is 0 Å². The molecule has 0 saturated carbocycles. The fourth-order valence-corrected chi connectivity index (χ4v) is 3.26. The molecule has 0 fully saturated rings. The lowest BCUT2D eigenvalue weighted by Gasteiger charge is -2.16. The van der Waals surface area contributed by atoms with Gasteiger partial charge in [-0.3, -0.25) is 4.79 Å². The molecule has 0 spiro atoms. The number of esters is 1. The summed E-state index contributed by atoms with van der Waals surface area (Å²) in [5.41, 5.74) is 0. The Morgan fingerprint density at radius 3 is 1.75 bits per heavy atom. The van der Waals surface area contributed by atoms with Crippen molar-refractivity contribution in [2.45, 2.75) is 124 Å². The molecule has 0 unspecified atom stereocenters. The van der Waals surface area contributed by atoms with E-state index in [0.29, 0.717) is 13.0 Å². The summed E-state index contributed by atoms with van der Waals surface area (Å²) >= 11 is 0. The Morgan fingerprint density at radius 1 is 0.667 bits per heavy atom. The number of hydrogen-bond acceptors (Lipinski definition) is 2. The van der Waals surface area contributed by atoms with E-state index in [1.807, 2.05) is 0 Å². The third kappa shape index (κ3) is 16.3. The third-order valence-electron chi connectivity index (χ3n) is 4.96. The summed E-state index contributed by atoms with van der Waals surface area (Å²) in [6.45, 7) is 7.39. The second-order valence-corrected chi connectivity index (χ2v) is 7.38. The lowest BCUT2D eigenvalue weighted by molar-refractivity contribution is -0.144. The van der Waals surface area contributed by atoms with Crippen LogP contribution in [0.4, 0.5) is 0 Å². The average molecular weight is 341 g/mol. The van der Waals surface area contributed by atoms with Gasteiger partial charge in [-0.25, -0.2) is 0 Å². The second-order valence-electron chi connectivity index (χ2n) is 7.38. The van der Waals surface area contributed by atoms with Crippen LogP contribution in [0.25, 0.3) is 0 Å². The number of carbonyl (C=O) groups is 1. The first-order valence-corrected chi connectivity index (χ1v) is 10.9. The largest absolute Gasteiger partial charge is 0.466 e. The maximum absolute atomic E-state index is 11.8. The SMILES string of the molecule is CCCCCCCCC(=O)OCCC(CCCCC)CCCCC. The van der Waals surface area contributed by atoms with Gasteiger partial charge in [0, 0.05) is 6.42 Å². The van der Waals surface area contributed by atoms with E-state index in [2.05, 4.69) is 20.8 Å². The highest BCUT2D eigenvalue weighted by molar-refractivity contribution is 5.69.